The van der Waals surface area contributed by atoms with Gasteiger partial charge in [0.15, 0.2) is 0 Å². The normalized spacial score (nSPS) is 11.9. The maximum atomic E-state index is 5.29. The van der Waals surface area contributed by atoms with Gasteiger partial charge in [-0.2, -0.15) is 9.97 Å². The van der Waals surface area contributed by atoms with Gasteiger partial charge < -0.3 is 19.2 Å². The molecule has 1 N–H and O–H groups in total. The van der Waals surface area contributed by atoms with E-state index in [1.165, 1.54) is 14.2 Å². The SMILES string of the molecule is COc1nc(NC(C)Cc2ccco2)nc(OC)n1. The molecule has 0 aliphatic heterocycles. The zero-order valence-electron chi connectivity index (χ0n) is 11.1. The van der Waals surface area contributed by atoms with Crippen molar-refractivity contribution >= 4 is 5.95 Å². The largest absolute Gasteiger partial charge is 0.469 e. The van der Waals surface area contributed by atoms with Crippen molar-refractivity contribution in [1.29, 1.82) is 0 Å². The summed E-state index contributed by atoms with van der Waals surface area (Å²) in [7, 11) is 2.98. The Morgan fingerprint density at radius 1 is 1.21 bits per heavy atom. The summed E-state index contributed by atoms with van der Waals surface area (Å²) in [5, 5.41) is 3.15. The van der Waals surface area contributed by atoms with E-state index in [9.17, 15) is 0 Å². The second kappa shape index (κ2) is 6.03. The minimum absolute atomic E-state index is 0.1000. The van der Waals surface area contributed by atoms with Gasteiger partial charge in [0.05, 0.1) is 20.5 Å². The van der Waals surface area contributed by atoms with Crippen molar-refractivity contribution in [3.63, 3.8) is 0 Å². The second-order valence-corrected chi connectivity index (χ2v) is 3.96. The van der Waals surface area contributed by atoms with Crippen LogP contribution in [0.15, 0.2) is 22.8 Å². The number of anilines is 1. The third kappa shape index (κ3) is 3.57. The monoisotopic (exact) mass is 264 g/mol. The molecule has 2 rings (SSSR count). The van der Waals surface area contributed by atoms with Gasteiger partial charge in [-0.1, -0.05) is 0 Å². The van der Waals surface area contributed by atoms with E-state index in [4.69, 9.17) is 13.9 Å². The topological polar surface area (TPSA) is 82.3 Å². The minimum atomic E-state index is 0.1000. The van der Waals surface area contributed by atoms with Crippen molar-refractivity contribution in [2.75, 3.05) is 19.5 Å². The molecule has 0 saturated heterocycles. The van der Waals surface area contributed by atoms with Crippen LogP contribution >= 0.6 is 0 Å². The zero-order chi connectivity index (χ0) is 13.7. The Labute approximate surface area is 111 Å². The lowest BCUT2D eigenvalue weighted by molar-refractivity contribution is 0.341. The summed E-state index contributed by atoms with van der Waals surface area (Å²) in [6.45, 7) is 2.01. The van der Waals surface area contributed by atoms with Crippen LogP contribution in [0.1, 0.15) is 12.7 Å². The van der Waals surface area contributed by atoms with Crippen LogP contribution in [0.3, 0.4) is 0 Å². The lowest BCUT2D eigenvalue weighted by Crippen LogP contribution is -2.20. The first-order chi connectivity index (χ1) is 9.21. The van der Waals surface area contributed by atoms with Crippen LogP contribution in [-0.2, 0) is 6.42 Å². The highest BCUT2D eigenvalue weighted by Gasteiger charge is 2.11. The molecule has 1 atom stereocenters. The van der Waals surface area contributed by atoms with Gasteiger partial charge in [0.1, 0.15) is 5.76 Å². The molecule has 7 heteroatoms. The van der Waals surface area contributed by atoms with Crippen LogP contribution in [0.4, 0.5) is 5.95 Å². The fourth-order valence-electron chi connectivity index (χ4n) is 1.59. The number of rotatable bonds is 6. The molecule has 2 heterocycles. The van der Waals surface area contributed by atoms with Crippen LogP contribution in [0.5, 0.6) is 12.0 Å². The lowest BCUT2D eigenvalue weighted by atomic mass is 10.2. The molecule has 0 aliphatic rings. The van der Waals surface area contributed by atoms with Crippen molar-refractivity contribution in [1.82, 2.24) is 15.0 Å². The Balaban J connectivity index is 2.05. The highest BCUT2D eigenvalue weighted by Crippen LogP contribution is 2.14. The lowest BCUT2D eigenvalue weighted by Gasteiger charge is -2.13. The number of hydrogen-bond donors (Lipinski definition) is 1. The third-order valence-corrected chi connectivity index (χ3v) is 2.42. The molecule has 0 fully saturated rings. The smallest absolute Gasteiger partial charge is 0.324 e. The molecule has 19 heavy (non-hydrogen) atoms. The molecule has 0 amide bonds. The van der Waals surface area contributed by atoms with Gasteiger partial charge in [-0.3, -0.25) is 0 Å². The quantitative estimate of drug-likeness (QED) is 0.847. The van der Waals surface area contributed by atoms with Crippen molar-refractivity contribution in [2.24, 2.45) is 0 Å². The summed E-state index contributed by atoms with van der Waals surface area (Å²) >= 11 is 0. The molecular weight excluding hydrogens is 248 g/mol. The number of hydrogen-bond acceptors (Lipinski definition) is 7. The molecule has 2 aromatic heterocycles. The molecule has 2 aromatic rings. The predicted octanol–water partition coefficient (Wildman–Crippen LogP) is 1.52. The van der Waals surface area contributed by atoms with E-state index in [0.29, 0.717) is 5.95 Å². The molecule has 1 unspecified atom stereocenters. The molecular formula is C12H16N4O3. The summed E-state index contributed by atoms with van der Waals surface area (Å²) in [6, 6.07) is 4.30. The number of furan rings is 1. The first-order valence-corrected chi connectivity index (χ1v) is 5.84. The first kappa shape index (κ1) is 13.1. The minimum Gasteiger partial charge on any atom is -0.469 e. The Hall–Kier alpha value is -2.31. The maximum absolute atomic E-state index is 5.29. The van der Waals surface area contributed by atoms with E-state index < -0.39 is 0 Å². The second-order valence-electron chi connectivity index (χ2n) is 3.96. The van der Waals surface area contributed by atoms with Gasteiger partial charge in [-0.05, 0) is 19.1 Å². The summed E-state index contributed by atoms with van der Waals surface area (Å²) < 4.78 is 15.3. The summed E-state index contributed by atoms with van der Waals surface area (Å²) in [5.74, 6) is 1.30. The molecule has 0 spiro atoms. The molecule has 0 radical (unpaired) electrons. The molecule has 0 aromatic carbocycles. The molecule has 0 saturated carbocycles. The zero-order valence-corrected chi connectivity index (χ0v) is 11.1. The van der Waals surface area contributed by atoms with Crippen LogP contribution in [0.25, 0.3) is 0 Å². The molecule has 7 nitrogen and oxygen atoms in total. The average Bonchev–Trinajstić information content (AvgIpc) is 2.90. The Morgan fingerprint density at radius 2 is 1.89 bits per heavy atom. The first-order valence-electron chi connectivity index (χ1n) is 5.84. The van der Waals surface area contributed by atoms with Crippen LogP contribution in [0, 0.1) is 0 Å². The summed E-state index contributed by atoms with van der Waals surface area (Å²) in [6.07, 6.45) is 2.38. The number of nitrogens with one attached hydrogen (secondary N) is 1. The van der Waals surface area contributed by atoms with E-state index in [1.807, 2.05) is 19.1 Å². The van der Waals surface area contributed by atoms with Crippen LogP contribution in [0.2, 0.25) is 0 Å². The molecule has 0 bridgehead atoms. The van der Waals surface area contributed by atoms with Gasteiger partial charge in [-0.15, -0.1) is 4.98 Å². The van der Waals surface area contributed by atoms with Crippen LogP contribution in [-0.4, -0.2) is 35.2 Å². The van der Waals surface area contributed by atoms with Crippen molar-refractivity contribution in [3.05, 3.63) is 24.2 Å². The number of ether oxygens (including phenoxy) is 2. The Morgan fingerprint density at radius 3 is 2.42 bits per heavy atom. The van der Waals surface area contributed by atoms with E-state index in [-0.39, 0.29) is 18.1 Å². The van der Waals surface area contributed by atoms with E-state index >= 15 is 0 Å². The summed E-state index contributed by atoms with van der Waals surface area (Å²) in [5.41, 5.74) is 0. The van der Waals surface area contributed by atoms with E-state index in [0.717, 1.165) is 12.2 Å². The van der Waals surface area contributed by atoms with E-state index in [1.54, 1.807) is 6.26 Å². The molecule has 102 valence electrons. The highest BCUT2D eigenvalue weighted by atomic mass is 16.5. The van der Waals surface area contributed by atoms with Gasteiger partial charge in [0, 0.05) is 12.5 Å². The van der Waals surface area contributed by atoms with E-state index in [2.05, 4.69) is 20.3 Å². The van der Waals surface area contributed by atoms with Crippen molar-refractivity contribution < 1.29 is 13.9 Å². The number of aromatic nitrogens is 3. The van der Waals surface area contributed by atoms with Crippen molar-refractivity contribution in [2.45, 2.75) is 19.4 Å². The fraction of sp³-hybridized carbons (Fsp3) is 0.417. The third-order valence-electron chi connectivity index (χ3n) is 2.42. The highest BCUT2D eigenvalue weighted by molar-refractivity contribution is 5.29. The predicted molar refractivity (Wildman–Crippen MR) is 68.4 cm³/mol. The fourth-order valence-corrected chi connectivity index (χ4v) is 1.59. The van der Waals surface area contributed by atoms with Crippen molar-refractivity contribution in [3.8, 4) is 12.0 Å². The van der Waals surface area contributed by atoms with Gasteiger partial charge in [0.2, 0.25) is 5.95 Å². The number of methoxy groups -OCH3 is 2. The Bertz CT molecular complexity index is 493. The maximum Gasteiger partial charge on any atom is 0.324 e. The molecule has 0 aliphatic carbocycles. The average molecular weight is 264 g/mol. The Kier molecular flexibility index (Phi) is 4.17. The van der Waals surface area contributed by atoms with Gasteiger partial charge in [-0.25, -0.2) is 0 Å². The standard InChI is InChI=1S/C12H16N4O3/c1-8(7-9-5-4-6-19-9)13-10-14-11(17-2)16-12(15-10)18-3/h4-6,8H,7H2,1-3H3,(H,13,14,15,16). The summed E-state index contributed by atoms with van der Waals surface area (Å²) in [4.78, 5) is 12.1. The number of nitrogens with zero attached hydrogens (tertiary/aromatic N) is 3. The van der Waals surface area contributed by atoms with Gasteiger partial charge >= 0.3 is 12.0 Å². The van der Waals surface area contributed by atoms with Crippen LogP contribution < -0.4 is 14.8 Å². The van der Waals surface area contributed by atoms with Gasteiger partial charge in [0.25, 0.3) is 0 Å².